The van der Waals surface area contributed by atoms with Crippen molar-refractivity contribution in [3.8, 4) is 0 Å². The van der Waals surface area contributed by atoms with E-state index in [2.05, 4.69) is 82.0 Å². The van der Waals surface area contributed by atoms with E-state index >= 15 is 0 Å². The molecule has 1 N–H and O–H groups in total. The van der Waals surface area contributed by atoms with Crippen molar-refractivity contribution in [2.45, 2.75) is 63.2 Å². The molecule has 0 saturated carbocycles. The molecule has 6 heteroatoms. The number of thiol groups is 1. The second-order valence-corrected chi connectivity index (χ2v) is 9.97. The van der Waals surface area contributed by atoms with E-state index in [4.69, 9.17) is 9.47 Å². The van der Waals surface area contributed by atoms with Crippen LogP contribution in [-0.4, -0.2) is 62.6 Å². The number of methoxy groups -OCH3 is 1. The summed E-state index contributed by atoms with van der Waals surface area (Å²) in [6, 6.07) is 0. The van der Waals surface area contributed by atoms with E-state index in [-0.39, 0.29) is 10.3 Å². The predicted octanol–water partition coefficient (Wildman–Crippen LogP) is 4.68. The van der Waals surface area contributed by atoms with Gasteiger partial charge in [-0.25, -0.2) is 0 Å². The fourth-order valence-corrected chi connectivity index (χ4v) is 4.00. The van der Waals surface area contributed by atoms with Crippen molar-refractivity contribution in [2.24, 2.45) is 0 Å². The molecular weight excluding hydrogens is 408 g/mol. The van der Waals surface area contributed by atoms with Gasteiger partial charge in [0, 0.05) is 17.9 Å². The van der Waals surface area contributed by atoms with Gasteiger partial charge in [-0.2, -0.15) is 12.6 Å². The Morgan fingerprint density at radius 2 is 2.13 bits per heavy atom. The number of likely N-dealkylation sites (N-methyl/N-ethyl adjacent to an activating group) is 1. The molecule has 0 heterocycles. The number of ether oxygens (including phenoxy) is 2. The molecule has 0 radical (unpaired) electrons. The summed E-state index contributed by atoms with van der Waals surface area (Å²) in [5.41, 5.74) is 2.25. The van der Waals surface area contributed by atoms with Crippen LogP contribution in [0.2, 0.25) is 0 Å². The summed E-state index contributed by atoms with van der Waals surface area (Å²) < 4.78 is 11.5. The molecule has 0 aromatic rings. The first-order chi connectivity index (χ1) is 14.7. The second kappa shape index (κ2) is 13.8. The lowest BCUT2D eigenvalue weighted by atomic mass is 9.78. The van der Waals surface area contributed by atoms with E-state index in [0.717, 1.165) is 50.9 Å². The van der Waals surface area contributed by atoms with Gasteiger partial charge in [0.2, 0.25) is 6.41 Å². The lowest BCUT2D eigenvalue weighted by molar-refractivity contribution is -0.109. The first-order valence-electron chi connectivity index (χ1n) is 11.2. The summed E-state index contributed by atoms with van der Waals surface area (Å²) in [5.74, 6) is 0.859. The summed E-state index contributed by atoms with van der Waals surface area (Å²) in [4.78, 5) is 13.0. The molecular formula is C25H42N2O3S. The fraction of sp³-hybridized carbons (Fsp3) is 0.640. The molecule has 5 nitrogen and oxygen atoms in total. The Labute approximate surface area is 195 Å². The van der Waals surface area contributed by atoms with Crippen molar-refractivity contribution in [1.29, 1.82) is 0 Å². The minimum atomic E-state index is -0.306. The minimum absolute atomic E-state index is 0.0403. The zero-order valence-electron chi connectivity index (χ0n) is 20.2. The van der Waals surface area contributed by atoms with Gasteiger partial charge in [-0.1, -0.05) is 44.6 Å². The molecule has 1 aliphatic carbocycles. The number of nitrogens with one attached hydrogen (secondary N) is 1. The van der Waals surface area contributed by atoms with Crippen LogP contribution in [0.15, 0.2) is 47.3 Å². The highest BCUT2D eigenvalue weighted by atomic mass is 32.1. The monoisotopic (exact) mass is 450 g/mol. The first kappa shape index (κ1) is 27.5. The lowest BCUT2D eigenvalue weighted by Gasteiger charge is -2.41. The van der Waals surface area contributed by atoms with Gasteiger partial charge in [0.1, 0.15) is 5.76 Å². The van der Waals surface area contributed by atoms with Crippen LogP contribution < -0.4 is 5.32 Å². The predicted molar refractivity (Wildman–Crippen MR) is 134 cm³/mol. The Morgan fingerprint density at radius 1 is 1.39 bits per heavy atom. The van der Waals surface area contributed by atoms with Crippen LogP contribution in [0.25, 0.3) is 0 Å². The van der Waals surface area contributed by atoms with Crippen molar-refractivity contribution in [2.75, 3.05) is 41.0 Å². The third-order valence-electron chi connectivity index (χ3n) is 5.63. The van der Waals surface area contributed by atoms with E-state index < -0.39 is 0 Å². The van der Waals surface area contributed by atoms with Gasteiger partial charge in [-0.3, -0.25) is 9.69 Å². The van der Waals surface area contributed by atoms with E-state index in [9.17, 15) is 4.79 Å². The molecule has 1 aliphatic rings. The van der Waals surface area contributed by atoms with Crippen molar-refractivity contribution < 1.29 is 14.3 Å². The smallest absolute Gasteiger partial charge is 0.207 e. The molecule has 0 saturated heterocycles. The molecule has 176 valence electrons. The summed E-state index contributed by atoms with van der Waals surface area (Å²) in [6.45, 7) is 8.34. The van der Waals surface area contributed by atoms with E-state index in [1.54, 1.807) is 7.11 Å². The standard InChI is InChI=1S/C25H42N2O3S/c1-7-21(13-16-26-20-28)23(12-9-17-30-18-10-14-24(2,3)31)25(27(4)5)15-8-11-22(19-25)29-6/h8-9,11-12,19-20,31H,7,10,13-18H2,1-6H3,(H,26,28)/b12-9-,23-21-. The van der Waals surface area contributed by atoms with Gasteiger partial charge < -0.3 is 14.8 Å². The molecule has 0 spiro atoms. The quantitative estimate of drug-likeness (QED) is 0.165. The van der Waals surface area contributed by atoms with Crippen molar-refractivity contribution in [1.82, 2.24) is 10.2 Å². The van der Waals surface area contributed by atoms with Gasteiger partial charge in [0.25, 0.3) is 0 Å². The van der Waals surface area contributed by atoms with Gasteiger partial charge in [0.15, 0.2) is 0 Å². The van der Waals surface area contributed by atoms with Crippen molar-refractivity contribution in [3.63, 3.8) is 0 Å². The number of nitrogens with zero attached hydrogens (tertiary/aromatic N) is 1. The highest BCUT2D eigenvalue weighted by molar-refractivity contribution is 7.81. The number of allylic oxidation sites excluding steroid dienone is 1. The highest BCUT2D eigenvalue weighted by Gasteiger charge is 2.36. The zero-order valence-corrected chi connectivity index (χ0v) is 21.1. The Hall–Kier alpha value is -1.50. The lowest BCUT2D eigenvalue weighted by Crippen LogP contribution is -2.45. The molecule has 0 aromatic heterocycles. The highest BCUT2D eigenvalue weighted by Crippen LogP contribution is 2.37. The van der Waals surface area contributed by atoms with Crippen molar-refractivity contribution >= 4 is 19.0 Å². The third kappa shape index (κ3) is 9.26. The second-order valence-electron chi connectivity index (χ2n) is 8.76. The summed E-state index contributed by atoms with van der Waals surface area (Å²) >= 11 is 4.57. The first-order valence-corrected chi connectivity index (χ1v) is 11.6. The normalized spacial score (nSPS) is 20.1. The fourth-order valence-electron chi connectivity index (χ4n) is 3.84. The topological polar surface area (TPSA) is 50.8 Å². The molecule has 1 amide bonds. The number of amides is 1. The van der Waals surface area contributed by atoms with Gasteiger partial charge in [0.05, 0.1) is 19.3 Å². The number of hydrogen-bond acceptors (Lipinski definition) is 5. The van der Waals surface area contributed by atoms with Crippen LogP contribution in [-0.2, 0) is 14.3 Å². The maximum absolute atomic E-state index is 10.8. The molecule has 0 bridgehead atoms. The largest absolute Gasteiger partial charge is 0.497 e. The Kier molecular flexibility index (Phi) is 12.3. The molecule has 0 fully saturated rings. The van der Waals surface area contributed by atoms with Crippen molar-refractivity contribution in [3.05, 3.63) is 47.3 Å². The molecule has 1 rings (SSSR count). The Bertz CT molecular complexity index is 675. The van der Waals surface area contributed by atoms with Gasteiger partial charge in [-0.15, -0.1) is 0 Å². The molecule has 0 aromatic carbocycles. The Morgan fingerprint density at radius 3 is 2.71 bits per heavy atom. The van der Waals surface area contributed by atoms with Crippen LogP contribution >= 0.6 is 12.6 Å². The van der Waals surface area contributed by atoms with E-state index in [0.29, 0.717) is 13.2 Å². The molecule has 0 aliphatic heterocycles. The zero-order chi connectivity index (χ0) is 23.3. The SMILES string of the molecule is CC/C(CCNC=O)=C(\C=C/COCCCC(C)(C)S)C1(N(C)C)C=C(OC)C=CC1. The number of hydrogen-bond donors (Lipinski definition) is 2. The minimum Gasteiger partial charge on any atom is -0.497 e. The summed E-state index contributed by atoms with van der Waals surface area (Å²) in [5, 5.41) is 2.80. The average molecular weight is 451 g/mol. The molecule has 1 atom stereocenters. The number of rotatable bonds is 15. The summed E-state index contributed by atoms with van der Waals surface area (Å²) in [7, 11) is 5.91. The van der Waals surface area contributed by atoms with Crippen LogP contribution in [0.4, 0.5) is 0 Å². The van der Waals surface area contributed by atoms with Crippen LogP contribution in [0.3, 0.4) is 0 Å². The van der Waals surface area contributed by atoms with E-state index in [1.807, 2.05) is 6.08 Å². The van der Waals surface area contributed by atoms with Gasteiger partial charge >= 0.3 is 0 Å². The Balaban J connectivity index is 3.10. The maximum Gasteiger partial charge on any atom is 0.207 e. The number of carbonyl (C=O) groups excluding carboxylic acids is 1. The third-order valence-corrected chi connectivity index (χ3v) is 5.85. The summed E-state index contributed by atoms with van der Waals surface area (Å²) in [6.07, 6.45) is 16.0. The van der Waals surface area contributed by atoms with Crippen LogP contribution in [0, 0.1) is 0 Å². The molecule has 31 heavy (non-hydrogen) atoms. The van der Waals surface area contributed by atoms with Crippen LogP contribution in [0.5, 0.6) is 0 Å². The van der Waals surface area contributed by atoms with Gasteiger partial charge in [-0.05, 0) is 63.9 Å². The molecule has 1 unspecified atom stereocenters. The van der Waals surface area contributed by atoms with Crippen LogP contribution in [0.1, 0.15) is 52.9 Å². The number of carbonyl (C=O) groups is 1. The maximum atomic E-state index is 10.8. The average Bonchev–Trinajstić information content (AvgIpc) is 2.73. The van der Waals surface area contributed by atoms with E-state index in [1.165, 1.54) is 11.1 Å².